The van der Waals surface area contributed by atoms with Gasteiger partial charge in [0.05, 0.1) is 11.1 Å². The molecule has 1 aromatic carbocycles. The number of nitrogens with zero attached hydrogens (tertiary/aromatic N) is 2. The van der Waals surface area contributed by atoms with Gasteiger partial charge in [-0.2, -0.15) is 0 Å². The van der Waals surface area contributed by atoms with Crippen LogP contribution in [0.2, 0.25) is 5.02 Å². The molecule has 1 fully saturated rings. The van der Waals surface area contributed by atoms with Gasteiger partial charge in [-0.15, -0.1) is 0 Å². The summed E-state index contributed by atoms with van der Waals surface area (Å²) in [6, 6.07) is 2.61. The van der Waals surface area contributed by atoms with Crippen LogP contribution in [-0.4, -0.2) is 39.5 Å². The fourth-order valence-corrected chi connectivity index (χ4v) is 4.31. The molecule has 2 N–H and O–H groups in total. The number of rotatable bonds is 3. The molecule has 4 rings (SSSR count). The van der Waals surface area contributed by atoms with Crippen LogP contribution in [0.15, 0.2) is 23.1 Å². The van der Waals surface area contributed by atoms with E-state index in [4.69, 9.17) is 11.6 Å². The van der Waals surface area contributed by atoms with Gasteiger partial charge in [0, 0.05) is 31.4 Å². The molecule has 1 unspecified atom stereocenters. The Kier molecular flexibility index (Phi) is 5.27. The fraction of sp³-hybridized carbons (Fsp3) is 0.381. The van der Waals surface area contributed by atoms with Gasteiger partial charge in [-0.3, -0.25) is 14.4 Å². The molecule has 0 saturated carbocycles. The second kappa shape index (κ2) is 7.75. The van der Waals surface area contributed by atoms with Gasteiger partial charge in [0.15, 0.2) is 11.4 Å². The van der Waals surface area contributed by atoms with E-state index in [-0.39, 0.29) is 34.4 Å². The van der Waals surface area contributed by atoms with Crippen molar-refractivity contribution in [3.63, 3.8) is 0 Å². The lowest BCUT2D eigenvalue weighted by Gasteiger charge is -2.34. The van der Waals surface area contributed by atoms with Crippen LogP contribution in [-0.2, 0) is 6.54 Å². The normalized spacial score (nSPS) is 18.0. The van der Waals surface area contributed by atoms with Crippen molar-refractivity contribution in [2.45, 2.75) is 38.8 Å². The number of nitrogens with one attached hydrogen (secondary N) is 1. The summed E-state index contributed by atoms with van der Waals surface area (Å²) in [5.41, 5.74) is -0.441. The largest absolute Gasteiger partial charge is 0.503 e. The van der Waals surface area contributed by atoms with Crippen molar-refractivity contribution in [2.24, 2.45) is 0 Å². The van der Waals surface area contributed by atoms with Gasteiger partial charge in [0.1, 0.15) is 11.4 Å². The van der Waals surface area contributed by atoms with Gasteiger partial charge in [-0.25, -0.2) is 4.39 Å². The monoisotopic (exact) mass is 433 g/mol. The maximum Gasteiger partial charge on any atom is 0.274 e. The SMILES string of the molecule is Cc1c(F)ccc(CNC(=O)c2cn3c(c(O)c2=O)C(=O)N2CCCCC3C2)c1Cl. The number of aromatic nitrogens is 1. The number of halogens is 2. The molecule has 3 heterocycles. The molecule has 9 heteroatoms. The van der Waals surface area contributed by atoms with Crippen molar-refractivity contribution >= 4 is 23.4 Å². The quantitative estimate of drug-likeness (QED) is 0.778. The van der Waals surface area contributed by atoms with E-state index in [1.165, 1.54) is 25.3 Å². The highest BCUT2D eigenvalue weighted by molar-refractivity contribution is 6.32. The number of hydrogen-bond acceptors (Lipinski definition) is 4. The third kappa shape index (κ3) is 3.35. The standard InChI is InChI=1S/C21H21ClFN3O4/c1-11-15(23)6-5-12(16(11)22)8-24-20(29)14-10-26-13-4-2-3-7-25(9-13)21(30)17(26)19(28)18(14)27/h5-6,10,13,28H,2-4,7-9H2,1H3,(H,24,29). The molecule has 7 nitrogen and oxygen atoms in total. The Hall–Kier alpha value is -2.87. The molecule has 0 radical (unpaired) electrons. The minimum atomic E-state index is -0.895. The van der Waals surface area contributed by atoms with Crippen LogP contribution in [0.25, 0.3) is 0 Å². The summed E-state index contributed by atoms with van der Waals surface area (Å²) < 4.78 is 15.1. The van der Waals surface area contributed by atoms with Crippen molar-refractivity contribution in [3.8, 4) is 5.75 Å². The lowest BCUT2D eigenvalue weighted by Crippen LogP contribution is -2.44. The number of carbonyl (C=O) groups is 2. The fourth-order valence-electron chi connectivity index (χ4n) is 4.09. The van der Waals surface area contributed by atoms with Crippen molar-refractivity contribution in [2.75, 3.05) is 13.1 Å². The molecule has 0 spiro atoms. The predicted octanol–water partition coefficient (Wildman–Crippen LogP) is 2.77. The van der Waals surface area contributed by atoms with Gasteiger partial charge in [-0.05, 0) is 37.8 Å². The predicted molar refractivity (Wildman–Crippen MR) is 108 cm³/mol. The van der Waals surface area contributed by atoms with Gasteiger partial charge in [0.25, 0.3) is 11.8 Å². The average Bonchev–Trinajstić information content (AvgIpc) is 2.95. The van der Waals surface area contributed by atoms with Crippen LogP contribution in [0, 0.1) is 12.7 Å². The zero-order valence-corrected chi connectivity index (χ0v) is 17.1. The molecular formula is C21H21ClFN3O4. The number of fused-ring (bicyclic) bond motifs is 4. The highest BCUT2D eigenvalue weighted by Crippen LogP contribution is 2.31. The van der Waals surface area contributed by atoms with Gasteiger partial charge in [-0.1, -0.05) is 17.7 Å². The number of aromatic hydroxyl groups is 1. The zero-order valence-electron chi connectivity index (χ0n) is 16.4. The van der Waals surface area contributed by atoms with Crippen molar-refractivity contribution in [1.29, 1.82) is 0 Å². The number of carbonyl (C=O) groups excluding carboxylic acids is 2. The molecular weight excluding hydrogens is 413 g/mol. The van der Waals surface area contributed by atoms with E-state index in [1.54, 1.807) is 9.47 Å². The first kappa shape index (κ1) is 20.4. The molecule has 1 atom stereocenters. The first-order valence-electron chi connectivity index (χ1n) is 9.78. The van der Waals surface area contributed by atoms with E-state index in [0.29, 0.717) is 18.7 Å². The topological polar surface area (TPSA) is 91.6 Å². The maximum absolute atomic E-state index is 13.6. The molecule has 1 aromatic heterocycles. The van der Waals surface area contributed by atoms with Crippen LogP contribution in [0.3, 0.4) is 0 Å². The summed E-state index contributed by atoms with van der Waals surface area (Å²) in [4.78, 5) is 39.7. The lowest BCUT2D eigenvalue weighted by atomic mass is 10.1. The minimum Gasteiger partial charge on any atom is -0.503 e. The Balaban J connectivity index is 1.66. The Labute approximate surface area is 177 Å². The Bertz CT molecular complexity index is 1110. The highest BCUT2D eigenvalue weighted by Gasteiger charge is 2.36. The van der Waals surface area contributed by atoms with Crippen LogP contribution in [0.5, 0.6) is 5.75 Å². The average molecular weight is 434 g/mol. The van der Waals surface area contributed by atoms with Crippen LogP contribution in [0.4, 0.5) is 4.39 Å². The summed E-state index contributed by atoms with van der Waals surface area (Å²) in [5.74, 6) is -2.26. The molecule has 2 amide bonds. The van der Waals surface area contributed by atoms with Crippen molar-refractivity contribution in [1.82, 2.24) is 14.8 Å². The van der Waals surface area contributed by atoms with Crippen LogP contribution < -0.4 is 10.7 Å². The van der Waals surface area contributed by atoms with Gasteiger partial charge < -0.3 is 19.9 Å². The molecule has 2 aliphatic rings. The summed E-state index contributed by atoms with van der Waals surface area (Å²) in [5, 5.41) is 13.3. The number of benzene rings is 1. The van der Waals surface area contributed by atoms with Crippen molar-refractivity contribution < 1.29 is 19.1 Å². The van der Waals surface area contributed by atoms with E-state index in [9.17, 15) is 23.9 Å². The summed E-state index contributed by atoms with van der Waals surface area (Å²) >= 11 is 6.13. The van der Waals surface area contributed by atoms with Crippen molar-refractivity contribution in [3.05, 3.63) is 61.8 Å². The van der Waals surface area contributed by atoms with E-state index in [1.807, 2.05) is 0 Å². The third-order valence-corrected chi connectivity index (χ3v) is 6.35. The summed E-state index contributed by atoms with van der Waals surface area (Å²) in [6.45, 7) is 2.59. The first-order valence-corrected chi connectivity index (χ1v) is 10.2. The first-order chi connectivity index (χ1) is 14.3. The Morgan fingerprint density at radius 3 is 2.87 bits per heavy atom. The van der Waals surface area contributed by atoms with Crippen LogP contribution in [0.1, 0.15) is 57.3 Å². The molecule has 2 aromatic rings. The Morgan fingerprint density at radius 2 is 2.10 bits per heavy atom. The third-order valence-electron chi connectivity index (χ3n) is 5.82. The Morgan fingerprint density at radius 1 is 1.33 bits per heavy atom. The number of amides is 2. The summed E-state index contributed by atoms with van der Waals surface area (Å²) in [6.07, 6.45) is 3.90. The smallest absolute Gasteiger partial charge is 0.274 e. The molecule has 158 valence electrons. The second-order valence-electron chi connectivity index (χ2n) is 7.71. The van der Waals surface area contributed by atoms with E-state index in [2.05, 4.69) is 5.32 Å². The molecule has 2 bridgehead atoms. The lowest BCUT2D eigenvalue weighted by molar-refractivity contribution is 0.0677. The van der Waals surface area contributed by atoms with E-state index < -0.39 is 28.8 Å². The highest BCUT2D eigenvalue weighted by atomic mass is 35.5. The van der Waals surface area contributed by atoms with Crippen LogP contribution >= 0.6 is 11.6 Å². The van der Waals surface area contributed by atoms with E-state index in [0.717, 1.165) is 19.3 Å². The maximum atomic E-state index is 13.6. The molecule has 0 aliphatic carbocycles. The zero-order chi connectivity index (χ0) is 21.6. The molecule has 30 heavy (non-hydrogen) atoms. The van der Waals surface area contributed by atoms with Gasteiger partial charge >= 0.3 is 0 Å². The number of pyridine rings is 1. The second-order valence-corrected chi connectivity index (χ2v) is 8.08. The van der Waals surface area contributed by atoms with E-state index >= 15 is 0 Å². The summed E-state index contributed by atoms with van der Waals surface area (Å²) in [7, 11) is 0. The number of hydrogen-bond donors (Lipinski definition) is 2. The molecule has 1 saturated heterocycles. The minimum absolute atomic E-state index is 0.0170. The molecule has 2 aliphatic heterocycles. The van der Waals surface area contributed by atoms with Gasteiger partial charge in [0.2, 0.25) is 5.43 Å².